The number of carbonyl (C=O) groups is 1. The minimum atomic E-state index is -0.864. The zero-order valence-electron chi connectivity index (χ0n) is 12.4. The van der Waals surface area contributed by atoms with Crippen molar-refractivity contribution in [2.45, 2.75) is 17.5 Å². The van der Waals surface area contributed by atoms with Crippen molar-refractivity contribution in [1.82, 2.24) is 9.55 Å². The molecular weight excluding hydrogens is 324 g/mol. The maximum Gasteiger partial charge on any atom is 0.279 e. The number of thioether (sulfide) groups is 1. The fourth-order valence-electron chi connectivity index (χ4n) is 2.77. The zero-order valence-corrected chi connectivity index (χ0v) is 13.2. The van der Waals surface area contributed by atoms with Gasteiger partial charge in [0.25, 0.3) is 5.56 Å². The SMILES string of the molecule is CSc1nc(=O)c2c(n1C)NC(=O)CC2c1cc(F)ccc1F. The van der Waals surface area contributed by atoms with E-state index in [0.29, 0.717) is 5.16 Å². The van der Waals surface area contributed by atoms with Crippen molar-refractivity contribution < 1.29 is 13.6 Å². The first-order valence-corrected chi connectivity index (χ1v) is 8.04. The van der Waals surface area contributed by atoms with Gasteiger partial charge >= 0.3 is 0 Å². The first-order chi connectivity index (χ1) is 10.9. The van der Waals surface area contributed by atoms with Crippen molar-refractivity contribution in [2.75, 3.05) is 11.6 Å². The zero-order chi connectivity index (χ0) is 16.7. The van der Waals surface area contributed by atoms with Crippen LogP contribution < -0.4 is 10.9 Å². The number of aromatic nitrogens is 2. The fourth-order valence-corrected chi connectivity index (χ4v) is 3.30. The maximum absolute atomic E-state index is 14.1. The van der Waals surface area contributed by atoms with E-state index in [4.69, 9.17) is 0 Å². The van der Waals surface area contributed by atoms with Crippen LogP contribution in [-0.4, -0.2) is 21.7 Å². The molecule has 23 heavy (non-hydrogen) atoms. The van der Waals surface area contributed by atoms with Gasteiger partial charge in [0.05, 0.1) is 5.56 Å². The smallest absolute Gasteiger partial charge is 0.279 e. The second-order valence-electron chi connectivity index (χ2n) is 5.20. The molecular formula is C15H13F2N3O2S. The Morgan fingerprint density at radius 3 is 2.78 bits per heavy atom. The molecule has 0 saturated heterocycles. The number of benzene rings is 1. The maximum atomic E-state index is 14.1. The molecule has 3 rings (SSSR count). The molecule has 1 amide bonds. The Balaban J connectivity index is 2.28. The normalized spacial score (nSPS) is 16.9. The number of anilines is 1. The van der Waals surface area contributed by atoms with Crippen LogP contribution in [0.2, 0.25) is 0 Å². The Hall–Kier alpha value is -2.22. The fraction of sp³-hybridized carbons (Fsp3) is 0.267. The number of amides is 1. The van der Waals surface area contributed by atoms with Crippen LogP contribution in [-0.2, 0) is 11.8 Å². The summed E-state index contributed by atoms with van der Waals surface area (Å²) in [4.78, 5) is 28.3. The lowest BCUT2D eigenvalue weighted by Crippen LogP contribution is -2.33. The third-order valence-electron chi connectivity index (χ3n) is 3.82. The van der Waals surface area contributed by atoms with Crippen LogP contribution in [0.5, 0.6) is 0 Å². The summed E-state index contributed by atoms with van der Waals surface area (Å²) in [6.45, 7) is 0. The molecule has 2 heterocycles. The van der Waals surface area contributed by atoms with Crippen LogP contribution >= 0.6 is 11.8 Å². The number of fused-ring (bicyclic) bond motifs is 1. The minimum absolute atomic E-state index is 0.0168. The second kappa shape index (κ2) is 5.77. The van der Waals surface area contributed by atoms with Crippen LogP contribution in [0.15, 0.2) is 28.2 Å². The lowest BCUT2D eigenvalue weighted by atomic mass is 9.86. The average Bonchev–Trinajstić information content (AvgIpc) is 2.52. The molecule has 1 N–H and O–H groups in total. The average molecular weight is 337 g/mol. The topological polar surface area (TPSA) is 64.0 Å². The van der Waals surface area contributed by atoms with Gasteiger partial charge in [-0.2, -0.15) is 4.98 Å². The molecule has 0 spiro atoms. The lowest BCUT2D eigenvalue weighted by Gasteiger charge is -2.27. The van der Waals surface area contributed by atoms with Gasteiger partial charge in [-0.3, -0.25) is 9.59 Å². The molecule has 1 aliphatic heterocycles. The number of rotatable bonds is 2. The molecule has 1 atom stereocenters. The predicted molar refractivity (Wildman–Crippen MR) is 82.7 cm³/mol. The van der Waals surface area contributed by atoms with E-state index in [2.05, 4.69) is 10.3 Å². The summed E-state index contributed by atoms with van der Waals surface area (Å²) >= 11 is 1.25. The summed E-state index contributed by atoms with van der Waals surface area (Å²) < 4.78 is 29.2. The van der Waals surface area contributed by atoms with Gasteiger partial charge in [-0.15, -0.1) is 0 Å². The quantitative estimate of drug-likeness (QED) is 0.674. The van der Waals surface area contributed by atoms with Crippen molar-refractivity contribution in [3.05, 3.63) is 51.3 Å². The number of carbonyl (C=O) groups excluding carboxylic acids is 1. The first-order valence-electron chi connectivity index (χ1n) is 6.82. The van der Waals surface area contributed by atoms with E-state index in [-0.39, 0.29) is 29.3 Å². The van der Waals surface area contributed by atoms with E-state index in [1.165, 1.54) is 11.8 Å². The van der Waals surface area contributed by atoms with Gasteiger partial charge in [-0.1, -0.05) is 11.8 Å². The van der Waals surface area contributed by atoms with E-state index in [1.54, 1.807) is 17.9 Å². The Labute approximate surface area is 134 Å². The highest BCUT2D eigenvalue weighted by atomic mass is 32.2. The lowest BCUT2D eigenvalue weighted by molar-refractivity contribution is -0.116. The van der Waals surface area contributed by atoms with Crippen molar-refractivity contribution in [2.24, 2.45) is 7.05 Å². The summed E-state index contributed by atoms with van der Waals surface area (Å²) in [6.07, 6.45) is 1.62. The summed E-state index contributed by atoms with van der Waals surface area (Å²) in [7, 11) is 1.65. The number of nitrogens with zero attached hydrogens (tertiary/aromatic N) is 2. The van der Waals surface area contributed by atoms with Crippen molar-refractivity contribution in [1.29, 1.82) is 0 Å². The number of hydrogen-bond donors (Lipinski definition) is 1. The van der Waals surface area contributed by atoms with Gasteiger partial charge < -0.3 is 9.88 Å². The van der Waals surface area contributed by atoms with Gasteiger partial charge in [0.2, 0.25) is 5.91 Å². The summed E-state index contributed by atoms with van der Waals surface area (Å²) in [5.74, 6) is -2.23. The molecule has 0 bridgehead atoms. The molecule has 2 aromatic rings. The van der Waals surface area contributed by atoms with E-state index in [1.807, 2.05) is 0 Å². The number of hydrogen-bond acceptors (Lipinski definition) is 4. The third-order valence-corrected chi connectivity index (χ3v) is 4.55. The molecule has 120 valence electrons. The Bertz CT molecular complexity index is 867. The Kier molecular flexibility index (Phi) is 3.93. The largest absolute Gasteiger partial charge is 0.312 e. The third kappa shape index (κ3) is 2.63. The first kappa shape index (κ1) is 15.7. The number of nitrogens with one attached hydrogen (secondary N) is 1. The van der Waals surface area contributed by atoms with Gasteiger partial charge in [0.1, 0.15) is 17.5 Å². The van der Waals surface area contributed by atoms with Crippen LogP contribution in [0, 0.1) is 11.6 Å². The van der Waals surface area contributed by atoms with Crippen molar-refractivity contribution in [3.63, 3.8) is 0 Å². The summed E-state index contributed by atoms with van der Waals surface area (Å²) in [6, 6.07) is 3.01. The van der Waals surface area contributed by atoms with Crippen LogP contribution in [0.25, 0.3) is 0 Å². The van der Waals surface area contributed by atoms with E-state index in [9.17, 15) is 18.4 Å². The highest BCUT2D eigenvalue weighted by molar-refractivity contribution is 7.98. The molecule has 0 aliphatic carbocycles. The van der Waals surface area contributed by atoms with E-state index >= 15 is 0 Å². The van der Waals surface area contributed by atoms with Crippen molar-refractivity contribution >= 4 is 23.5 Å². The summed E-state index contributed by atoms with van der Waals surface area (Å²) in [5.41, 5.74) is -0.387. The highest BCUT2D eigenvalue weighted by Crippen LogP contribution is 2.36. The van der Waals surface area contributed by atoms with Crippen molar-refractivity contribution in [3.8, 4) is 0 Å². The Morgan fingerprint density at radius 1 is 1.35 bits per heavy atom. The monoisotopic (exact) mass is 337 g/mol. The van der Waals surface area contributed by atoms with Gasteiger partial charge in [-0.05, 0) is 30.0 Å². The van der Waals surface area contributed by atoms with E-state index < -0.39 is 23.1 Å². The molecule has 8 heteroatoms. The molecule has 1 unspecified atom stereocenters. The van der Waals surface area contributed by atoms with E-state index in [0.717, 1.165) is 18.2 Å². The molecule has 1 aliphatic rings. The van der Waals surface area contributed by atoms with Crippen LogP contribution in [0.1, 0.15) is 23.5 Å². The molecule has 1 aromatic carbocycles. The standard InChI is InChI=1S/C15H13F2N3O2S/c1-20-13-12(14(22)19-15(20)23-2)9(6-11(21)18-13)8-5-7(16)3-4-10(8)17/h3-5,9H,6H2,1-2H3,(H,18,21). The van der Waals surface area contributed by atoms with Gasteiger partial charge in [0.15, 0.2) is 5.16 Å². The highest BCUT2D eigenvalue weighted by Gasteiger charge is 2.33. The van der Waals surface area contributed by atoms with Gasteiger partial charge in [0, 0.05) is 19.4 Å². The Morgan fingerprint density at radius 2 is 2.09 bits per heavy atom. The van der Waals surface area contributed by atoms with Gasteiger partial charge in [-0.25, -0.2) is 8.78 Å². The van der Waals surface area contributed by atoms with Crippen LogP contribution in [0.3, 0.4) is 0 Å². The molecule has 0 radical (unpaired) electrons. The predicted octanol–water partition coefficient (Wildman–Crippen LogP) is 2.25. The molecule has 1 aromatic heterocycles. The van der Waals surface area contributed by atoms with Crippen LogP contribution in [0.4, 0.5) is 14.6 Å². The summed E-state index contributed by atoms with van der Waals surface area (Å²) in [5, 5.41) is 3.06. The molecule has 0 saturated carbocycles. The molecule has 5 nitrogen and oxygen atoms in total. The molecule has 0 fully saturated rings. The second-order valence-corrected chi connectivity index (χ2v) is 5.97. The number of halogens is 2. The minimum Gasteiger partial charge on any atom is -0.312 e.